The summed E-state index contributed by atoms with van der Waals surface area (Å²) in [5.41, 5.74) is 2.06. The third-order valence-corrected chi connectivity index (χ3v) is 7.94. The highest BCUT2D eigenvalue weighted by atomic mass is 32.2. The minimum absolute atomic E-state index is 0.0414. The second kappa shape index (κ2) is 10.8. The number of aryl methyl sites for hydroxylation is 2. The normalized spacial score (nSPS) is 13.1. The van der Waals surface area contributed by atoms with E-state index in [1.165, 1.54) is 22.6 Å². The number of carbonyl (C=O) groups excluding carboxylic acids is 1. The Hall–Kier alpha value is -2.23. The number of amides is 1. The van der Waals surface area contributed by atoms with Gasteiger partial charge in [0.05, 0.1) is 11.1 Å². The standard InChI is InChI=1S/C24H29FN4O2S2/c1-28(2)11-12-29(14-16-6-8-17(25)9-7-16)21(30)10-13-32-15-20-26-23(31)22-18-4-3-5-19(18)33-24(22)27-20/h6-9H,3-5,10-15H2,1-2H3,(H,26,27,31). The van der Waals surface area contributed by atoms with Crippen LogP contribution in [-0.4, -0.2) is 58.6 Å². The molecule has 6 nitrogen and oxygen atoms in total. The Bertz CT molecular complexity index is 1170. The number of rotatable bonds is 10. The number of hydrogen-bond acceptors (Lipinski definition) is 6. The number of aromatic amines is 1. The van der Waals surface area contributed by atoms with E-state index in [2.05, 4.69) is 9.97 Å². The van der Waals surface area contributed by atoms with Crippen molar-refractivity contribution in [2.24, 2.45) is 0 Å². The molecule has 1 aliphatic carbocycles. The summed E-state index contributed by atoms with van der Waals surface area (Å²) in [7, 11) is 3.95. The lowest BCUT2D eigenvalue weighted by molar-refractivity contribution is -0.131. The number of aromatic nitrogens is 2. The van der Waals surface area contributed by atoms with Crippen LogP contribution >= 0.6 is 23.1 Å². The van der Waals surface area contributed by atoms with Crippen LogP contribution in [0.1, 0.15) is 34.7 Å². The van der Waals surface area contributed by atoms with Gasteiger partial charge in [-0.05, 0) is 56.6 Å². The minimum atomic E-state index is -0.279. The van der Waals surface area contributed by atoms with Gasteiger partial charge in [-0.15, -0.1) is 11.3 Å². The molecule has 0 bridgehead atoms. The van der Waals surface area contributed by atoms with Crippen molar-refractivity contribution in [1.29, 1.82) is 0 Å². The maximum absolute atomic E-state index is 13.2. The number of likely N-dealkylation sites (N-methyl/N-ethyl adjacent to an activating group) is 1. The van der Waals surface area contributed by atoms with Crippen LogP contribution in [0.5, 0.6) is 0 Å². The van der Waals surface area contributed by atoms with Crippen LogP contribution in [0.15, 0.2) is 29.1 Å². The Labute approximate surface area is 201 Å². The summed E-state index contributed by atoms with van der Waals surface area (Å²) in [6, 6.07) is 6.29. The van der Waals surface area contributed by atoms with Gasteiger partial charge in [0, 0.05) is 36.7 Å². The van der Waals surface area contributed by atoms with Crippen molar-refractivity contribution in [2.75, 3.05) is 32.9 Å². The average molecular weight is 489 g/mol. The number of H-pyrrole nitrogens is 1. The maximum Gasteiger partial charge on any atom is 0.259 e. The second-order valence-corrected chi connectivity index (χ2v) is 10.8. The smallest absolute Gasteiger partial charge is 0.259 e. The maximum atomic E-state index is 13.2. The molecule has 0 atom stereocenters. The Balaban J connectivity index is 1.32. The van der Waals surface area contributed by atoms with E-state index in [4.69, 9.17) is 0 Å². The molecule has 0 aliphatic heterocycles. The Morgan fingerprint density at radius 2 is 2.00 bits per heavy atom. The summed E-state index contributed by atoms with van der Waals surface area (Å²) >= 11 is 3.24. The van der Waals surface area contributed by atoms with E-state index >= 15 is 0 Å². The fraction of sp³-hybridized carbons (Fsp3) is 0.458. The van der Waals surface area contributed by atoms with Gasteiger partial charge in [-0.25, -0.2) is 9.37 Å². The van der Waals surface area contributed by atoms with Crippen LogP contribution in [0.2, 0.25) is 0 Å². The molecule has 0 saturated carbocycles. The number of nitrogens with one attached hydrogen (secondary N) is 1. The molecule has 1 aromatic carbocycles. The van der Waals surface area contributed by atoms with Crippen molar-refractivity contribution >= 4 is 39.2 Å². The van der Waals surface area contributed by atoms with E-state index in [0.29, 0.717) is 36.8 Å². The molecule has 0 unspecified atom stereocenters. The van der Waals surface area contributed by atoms with Crippen molar-refractivity contribution in [3.8, 4) is 0 Å². The van der Waals surface area contributed by atoms with Gasteiger partial charge in [0.1, 0.15) is 16.5 Å². The molecule has 1 amide bonds. The summed E-state index contributed by atoms with van der Waals surface area (Å²) in [4.78, 5) is 39.1. The molecule has 0 radical (unpaired) electrons. The molecule has 9 heteroatoms. The SMILES string of the molecule is CN(C)CCN(Cc1ccc(F)cc1)C(=O)CCSCc1nc2sc3c(c2c(=O)[nH]1)CCC3. The van der Waals surface area contributed by atoms with Crippen molar-refractivity contribution in [3.63, 3.8) is 0 Å². The Kier molecular flexibility index (Phi) is 7.82. The van der Waals surface area contributed by atoms with Gasteiger partial charge >= 0.3 is 0 Å². The first-order valence-corrected chi connectivity index (χ1v) is 13.2. The van der Waals surface area contributed by atoms with Gasteiger partial charge in [-0.2, -0.15) is 11.8 Å². The molecular weight excluding hydrogens is 459 g/mol. The predicted molar refractivity (Wildman–Crippen MR) is 133 cm³/mol. The van der Waals surface area contributed by atoms with Crippen LogP contribution < -0.4 is 5.56 Å². The van der Waals surface area contributed by atoms with Crippen molar-refractivity contribution in [2.45, 2.75) is 38.0 Å². The number of hydrogen-bond donors (Lipinski definition) is 1. The third kappa shape index (κ3) is 6.02. The van der Waals surface area contributed by atoms with Gasteiger partial charge in [0.15, 0.2) is 0 Å². The molecule has 1 N–H and O–H groups in total. The van der Waals surface area contributed by atoms with E-state index < -0.39 is 0 Å². The fourth-order valence-corrected chi connectivity index (χ4v) is 6.10. The van der Waals surface area contributed by atoms with E-state index in [0.717, 1.165) is 41.6 Å². The van der Waals surface area contributed by atoms with Crippen LogP contribution in [0.25, 0.3) is 10.2 Å². The molecule has 2 aromatic heterocycles. The number of thiophene rings is 1. The van der Waals surface area contributed by atoms with E-state index in [1.807, 2.05) is 23.9 Å². The van der Waals surface area contributed by atoms with E-state index in [-0.39, 0.29) is 17.3 Å². The van der Waals surface area contributed by atoms with Gasteiger partial charge < -0.3 is 14.8 Å². The van der Waals surface area contributed by atoms with Crippen LogP contribution in [0.4, 0.5) is 4.39 Å². The highest BCUT2D eigenvalue weighted by Gasteiger charge is 2.21. The van der Waals surface area contributed by atoms with Gasteiger partial charge in [0.2, 0.25) is 5.91 Å². The lowest BCUT2D eigenvalue weighted by Gasteiger charge is -2.24. The van der Waals surface area contributed by atoms with Crippen LogP contribution in [0, 0.1) is 5.82 Å². The molecule has 0 spiro atoms. The van der Waals surface area contributed by atoms with E-state index in [9.17, 15) is 14.0 Å². The average Bonchev–Trinajstić information content (AvgIpc) is 3.36. The largest absolute Gasteiger partial charge is 0.337 e. The molecule has 0 fully saturated rings. The Morgan fingerprint density at radius 1 is 1.21 bits per heavy atom. The number of fused-ring (bicyclic) bond motifs is 3. The highest BCUT2D eigenvalue weighted by Crippen LogP contribution is 2.34. The molecule has 4 rings (SSSR count). The summed E-state index contributed by atoms with van der Waals surface area (Å²) in [6.07, 6.45) is 3.54. The summed E-state index contributed by atoms with van der Waals surface area (Å²) in [5.74, 6) is 1.67. The molecule has 0 saturated heterocycles. The first-order chi connectivity index (χ1) is 15.9. The monoisotopic (exact) mass is 488 g/mol. The number of nitrogens with zero attached hydrogens (tertiary/aromatic N) is 3. The van der Waals surface area contributed by atoms with Crippen LogP contribution in [-0.2, 0) is 29.9 Å². The highest BCUT2D eigenvalue weighted by molar-refractivity contribution is 7.98. The summed E-state index contributed by atoms with van der Waals surface area (Å²) in [5, 5.41) is 0.772. The second-order valence-electron chi connectivity index (χ2n) is 8.60. The summed E-state index contributed by atoms with van der Waals surface area (Å²) < 4.78 is 13.2. The number of carbonyl (C=O) groups is 1. The predicted octanol–water partition coefficient (Wildman–Crippen LogP) is 3.83. The molecule has 1 aliphatic rings. The first kappa shape index (κ1) is 23.9. The van der Waals surface area contributed by atoms with Crippen molar-refractivity contribution < 1.29 is 9.18 Å². The quantitative estimate of drug-likeness (QED) is 0.440. The van der Waals surface area contributed by atoms with Gasteiger partial charge in [0.25, 0.3) is 5.56 Å². The molecular formula is C24H29FN4O2S2. The van der Waals surface area contributed by atoms with E-state index in [1.54, 1.807) is 35.2 Å². The zero-order valence-electron chi connectivity index (χ0n) is 19.0. The zero-order chi connectivity index (χ0) is 23.4. The third-order valence-electron chi connectivity index (χ3n) is 5.78. The van der Waals surface area contributed by atoms with Gasteiger partial charge in [-0.3, -0.25) is 9.59 Å². The summed E-state index contributed by atoms with van der Waals surface area (Å²) in [6.45, 7) is 1.84. The Morgan fingerprint density at radius 3 is 2.76 bits per heavy atom. The number of thioether (sulfide) groups is 1. The molecule has 176 valence electrons. The number of halogens is 1. The lowest BCUT2D eigenvalue weighted by atomic mass is 10.2. The van der Waals surface area contributed by atoms with Crippen LogP contribution in [0.3, 0.4) is 0 Å². The molecule has 33 heavy (non-hydrogen) atoms. The molecule has 3 aromatic rings. The topological polar surface area (TPSA) is 69.3 Å². The lowest BCUT2D eigenvalue weighted by Crippen LogP contribution is -2.36. The van der Waals surface area contributed by atoms with Gasteiger partial charge in [-0.1, -0.05) is 12.1 Å². The first-order valence-electron chi connectivity index (χ1n) is 11.2. The fourth-order valence-electron chi connectivity index (χ4n) is 4.02. The minimum Gasteiger partial charge on any atom is -0.337 e. The van der Waals surface area contributed by atoms with Crippen molar-refractivity contribution in [1.82, 2.24) is 19.8 Å². The zero-order valence-corrected chi connectivity index (χ0v) is 20.7. The molecule has 2 heterocycles. The number of benzene rings is 1. The van der Waals surface area contributed by atoms with Crippen molar-refractivity contribution in [3.05, 3.63) is 62.3 Å².